The number of esters is 1. The van der Waals surface area contributed by atoms with Crippen molar-refractivity contribution in [2.75, 3.05) is 19.0 Å². The lowest BCUT2D eigenvalue weighted by atomic mass is 10.1. The standard InChI is InChI=1S/C28H56O6PS/c1-6-10-12-14-15-16-17-19-21-24-36-26(22-20-18-13-11-7-2)25(5)34-28(30,27(29)32-9-4)35(31)33-23-8-3/h25-26,30H,6-24H2,1-5H3/q+1. The van der Waals surface area contributed by atoms with Crippen molar-refractivity contribution in [1.82, 2.24) is 0 Å². The largest absolute Gasteiger partial charge is 0.589 e. The highest BCUT2D eigenvalue weighted by Gasteiger charge is 2.62. The highest BCUT2D eigenvalue weighted by atomic mass is 32.2. The van der Waals surface area contributed by atoms with Crippen LogP contribution in [0.5, 0.6) is 0 Å². The van der Waals surface area contributed by atoms with Gasteiger partial charge in [-0.3, -0.25) is 4.74 Å². The number of ether oxygens (including phenoxy) is 2. The molecule has 0 aromatic heterocycles. The van der Waals surface area contributed by atoms with Gasteiger partial charge in [-0.1, -0.05) is 104 Å². The molecular weight excluding hydrogens is 495 g/mol. The van der Waals surface area contributed by atoms with Crippen LogP contribution in [0, 0.1) is 0 Å². The smallest absolute Gasteiger partial charge is 0.458 e. The lowest BCUT2D eigenvalue weighted by Crippen LogP contribution is -2.44. The van der Waals surface area contributed by atoms with E-state index in [1.54, 1.807) is 6.92 Å². The van der Waals surface area contributed by atoms with Gasteiger partial charge in [0.1, 0.15) is 6.61 Å². The van der Waals surface area contributed by atoms with Gasteiger partial charge in [0, 0.05) is 5.25 Å². The molecule has 0 radical (unpaired) electrons. The molecule has 0 aliphatic rings. The van der Waals surface area contributed by atoms with Crippen LogP contribution < -0.4 is 0 Å². The fourth-order valence-electron chi connectivity index (χ4n) is 4.04. The summed E-state index contributed by atoms with van der Waals surface area (Å²) < 4.78 is 28.8. The van der Waals surface area contributed by atoms with E-state index in [9.17, 15) is 14.5 Å². The lowest BCUT2D eigenvalue weighted by molar-refractivity contribution is -0.208. The highest BCUT2D eigenvalue weighted by molar-refractivity contribution is 7.99. The van der Waals surface area contributed by atoms with Crippen LogP contribution in [0.3, 0.4) is 0 Å². The maximum atomic E-state index is 12.7. The van der Waals surface area contributed by atoms with Crippen molar-refractivity contribution in [3.8, 4) is 0 Å². The molecule has 0 aliphatic carbocycles. The predicted octanol–water partition coefficient (Wildman–Crippen LogP) is 8.76. The number of hydrogen-bond donors (Lipinski definition) is 1. The zero-order chi connectivity index (χ0) is 27.1. The molecule has 0 aromatic carbocycles. The molecule has 0 saturated heterocycles. The van der Waals surface area contributed by atoms with Crippen LogP contribution in [-0.2, 0) is 23.4 Å². The van der Waals surface area contributed by atoms with Crippen molar-refractivity contribution < 1.29 is 28.5 Å². The summed E-state index contributed by atoms with van der Waals surface area (Å²) in [5.41, 5.74) is -2.58. The third kappa shape index (κ3) is 16.6. The zero-order valence-electron chi connectivity index (χ0n) is 23.9. The van der Waals surface area contributed by atoms with Crippen LogP contribution in [0.15, 0.2) is 0 Å². The first-order valence-electron chi connectivity index (χ1n) is 14.7. The number of hydrogen-bond acceptors (Lipinski definition) is 7. The first-order chi connectivity index (χ1) is 17.4. The van der Waals surface area contributed by atoms with Crippen LogP contribution in [-0.4, -0.2) is 46.9 Å². The van der Waals surface area contributed by atoms with E-state index < -0.39 is 25.6 Å². The highest BCUT2D eigenvalue weighted by Crippen LogP contribution is 2.42. The van der Waals surface area contributed by atoms with Crippen molar-refractivity contribution in [2.24, 2.45) is 0 Å². The predicted molar refractivity (Wildman–Crippen MR) is 153 cm³/mol. The summed E-state index contributed by atoms with van der Waals surface area (Å²) in [6, 6.07) is 0. The summed E-state index contributed by atoms with van der Waals surface area (Å²) in [5, 5.41) is 11.1. The molecule has 0 fully saturated rings. The second-order valence-electron chi connectivity index (χ2n) is 9.68. The molecule has 0 amide bonds. The van der Waals surface area contributed by atoms with Crippen LogP contribution in [0.1, 0.15) is 137 Å². The van der Waals surface area contributed by atoms with E-state index in [-0.39, 0.29) is 18.5 Å². The molecule has 0 aliphatic heterocycles. The van der Waals surface area contributed by atoms with E-state index in [1.807, 2.05) is 25.6 Å². The van der Waals surface area contributed by atoms with Gasteiger partial charge in [-0.15, -0.1) is 4.52 Å². The van der Waals surface area contributed by atoms with Crippen LogP contribution in [0.4, 0.5) is 0 Å². The lowest BCUT2D eigenvalue weighted by Gasteiger charge is -2.27. The van der Waals surface area contributed by atoms with E-state index >= 15 is 0 Å². The third-order valence-corrected chi connectivity index (χ3v) is 9.02. The second-order valence-corrected chi connectivity index (χ2v) is 12.4. The van der Waals surface area contributed by atoms with Gasteiger partial charge in [-0.05, 0) is 43.4 Å². The molecule has 4 atom stereocenters. The molecule has 6 nitrogen and oxygen atoms in total. The molecule has 1 N–H and O–H groups in total. The Hall–Kier alpha value is -0.200. The molecule has 0 aromatic rings. The number of unbranched alkanes of at least 4 members (excludes halogenated alkanes) is 12. The number of carbonyl (C=O) groups is 1. The van der Waals surface area contributed by atoms with Crippen molar-refractivity contribution in [3.63, 3.8) is 0 Å². The summed E-state index contributed by atoms with van der Waals surface area (Å²) in [5.74, 6) is -0.0286. The van der Waals surface area contributed by atoms with E-state index in [4.69, 9.17) is 14.0 Å². The molecule has 0 bridgehead atoms. The van der Waals surface area contributed by atoms with E-state index in [2.05, 4.69) is 13.8 Å². The number of aliphatic hydroxyl groups is 1. The molecular formula is C28H56O6PS+. The van der Waals surface area contributed by atoms with Gasteiger partial charge in [-0.25, -0.2) is 4.79 Å². The van der Waals surface area contributed by atoms with Crippen LogP contribution in [0.25, 0.3) is 0 Å². The van der Waals surface area contributed by atoms with Gasteiger partial charge in [0.2, 0.25) is 0 Å². The van der Waals surface area contributed by atoms with Gasteiger partial charge in [0.25, 0.3) is 0 Å². The Bertz CT molecular complexity index is 550. The molecule has 4 unspecified atom stereocenters. The first kappa shape index (κ1) is 35.8. The molecule has 36 heavy (non-hydrogen) atoms. The van der Waals surface area contributed by atoms with E-state index in [0.29, 0.717) is 6.42 Å². The summed E-state index contributed by atoms with van der Waals surface area (Å²) in [7, 11) is -2.79. The molecule has 214 valence electrons. The second kappa shape index (κ2) is 23.9. The van der Waals surface area contributed by atoms with Gasteiger partial charge in [0.15, 0.2) is 0 Å². The van der Waals surface area contributed by atoms with Crippen molar-refractivity contribution in [3.05, 3.63) is 0 Å². The summed E-state index contributed by atoms with van der Waals surface area (Å²) in [6.07, 6.45) is 18.6. The van der Waals surface area contributed by atoms with Gasteiger partial charge in [-0.2, -0.15) is 11.8 Å². The first-order valence-corrected chi connectivity index (χ1v) is 16.9. The van der Waals surface area contributed by atoms with E-state index in [1.165, 1.54) is 70.6 Å². The molecule has 0 rings (SSSR count). The van der Waals surface area contributed by atoms with Gasteiger partial charge in [0.05, 0.1) is 12.7 Å². The Morgan fingerprint density at radius 1 is 0.833 bits per heavy atom. The van der Waals surface area contributed by atoms with Crippen molar-refractivity contribution >= 4 is 25.8 Å². The van der Waals surface area contributed by atoms with Crippen molar-refractivity contribution in [1.29, 1.82) is 0 Å². The van der Waals surface area contributed by atoms with E-state index in [0.717, 1.165) is 31.4 Å². The third-order valence-electron chi connectivity index (χ3n) is 6.25. The molecule has 0 saturated carbocycles. The average Bonchev–Trinajstić information content (AvgIpc) is 2.86. The topological polar surface area (TPSA) is 82.1 Å². The summed E-state index contributed by atoms with van der Waals surface area (Å²) in [4.78, 5) is 12.5. The quantitative estimate of drug-likeness (QED) is 0.0498. The number of carbonyl (C=O) groups excluding carboxylic acids is 1. The summed E-state index contributed by atoms with van der Waals surface area (Å²) in [6.45, 7) is 10.0. The monoisotopic (exact) mass is 551 g/mol. The Balaban J connectivity index is 4.91. The number of thioether (sulfide) groups is 1. The fraction of sp³-hybridized carbons (Fsp3) is 0.964. The maximum absolute atomic E-state index is 12.7. The Labute approximate surface area is 227 Å². The minimum absolute atomic E-state index is 0.0596. The number of rotatable bonds is 26. The minimum atomic E-state index is -2.79. The Morgan fingerprint density at radius 3 is 1.89 bits per heavy atom. The maximum Gasteiger partial charge on any atom is 0.589 e. The Morgan fingerprint density at radius 2 is 1.36 bits per heavy atom. The normalized spacial score (nSPS) is 15.3. The zero-order valence-corrected chi connectivity index (χ0v) is 25.6. The Kier molecular flexibility index (Phi) is 23.8. The van der Waals surface area contributed by atoms with Crippen molar-refractivity contribution in [2.45, 2.75) is 154 Å². The van der Waals surface area contributed by atoms with Crippen LogP contribution in [0.2, 0.25) is 0 Å². The van der Waals surface area contributed by atoms with Gasteiger partial charge >= 0.3 is 19.5 Å². The van der Waals surface area contributed by atoms with Crippen LogP contribution >= 0.6 is 19.8 Å². The fourth-order valence-corrected chi connectivity index (χ4v) is 6.36. The molecule has 0 heterocycles. The minimum Gasteiger partial charge on any atom is -0.458 e. The summed E-state index contributed by atoms with van der Waals surface area (Å²) >= 11 is 1.84. The SMILES string of the molecule is CCCCCCCCCCCSC(CCCCCCC)C(C)OC(O)(C(=O)OCC)[P+](=O)OCCC. The molecule has 0 spiro atoms. The molecule has 8 heteroatoms. The average molecular weight is 552 g/mol. The van der Waals surface area contributed by atoms with Gasteiger partial charge < -0.3 is 9.84 Å².